The molecule has 0 radical (unpaired) electrons. The maximum absolute atomic E-state index is 4.34. The van der Waals surface area contributed by atoms with Crippen molar-refractivity contribution in [2.24, 2.45) is 0 Å². The van der Waals surface area contributed by atoms with E-state index in [9.17, 15) is 0 Å². The van der Waals surface area contributed by atoms with Gasteiger partial charge in [-0.05, 0) is 31.4 Å². The number of rotatable bonds is 4. The molecule has 0 spiro atoms. The average molecular weight is 228 g/mol. The van der Waals surface area contributed by atoms with Crippen LogP contribution in [0, 0.1) is 6.92 Å². The minimum Gasteiger partial charge on any atom is -0.352 e. The summed E-state index contributed by atoms with van der Waals surface area (Å²) in [5.74, 6) is 0.966. The number of pyridine rings is 1. The zero-order valence-electron chi connectivity index (χ0n) is 9.93. The van der Waals surface area contributed by atoms with E-state index in [0.29, 0.717) is 6.04 Å². The van der Waals surface area contributed by atoms with Gasteiger partial charge in [0.1, 0.15) is 0 Å². The molecule has 88 valence electrons. The molecule has 0 saturated heterocycles. The normalized spacial score (nSPS) is 14.9. The third-order valence-electron chi connectivity index (χ3n) is 3.03. The molecule has 0 bridgehead atoms. The van der Waals surface area contributed by atoms with E-state index in [4.69, 9.17) is 0 Å². The van der Waals surface area contributed by atoms with Crippen LogP contribution in [0.5, 0.6) is 0 Å². The van der Waals surface area contributed by atoms with Gasteiger partial charge < -0.3 is 9.88 Å². The molecule has 0 amide bonds. The third-order valence-corrected chi connectivity index (χ3v) is 3.03. The van der Waals surface area contributed by atoms with E-state index in [1.807, 2.05) is 31.6 Å². The number of hydrogen-bond donors (Lipinski definition) is 1. The van der Waals surface area contributed by atoms with Gasteiger partial charge in [-0.1, -0.05) is 6.07 Å². The SMILES string of the molecule is Cc1ccc(CNc2nccn2C2CC2)cn1. The highest BCUT2D eigenvalue weighted by Crippen LogP contribution is 2.36. The Labute approximate surface area is 101 Å². The number of aromatic nitrogens is 3. The zero-order valence-corrected chi connectivity index (χ0v) is 9.93. The van der Waals surface area contributed by atoms with Gasteiger partial charge in [0.05, 0.1) is 0 Å². The smallest absolute Gasteiger partial charge is 0.203 e. The average Bonchev–Trinajstić information content (AvgIpc) is 3.08. The Kier molecular flexibility index (Phi) is 2.55. The van der Waals surface area contributed by atoms with Gasteiger partial charge in [-0.15, -0.1) is 0 Å². The van der Waals surface area contributed by atoms with Crippen LogP contribution in [0.2, 0.25) is 0 Å². The first-order valence-electron chi connectivity index (χ1n) is 6.01. The van der Waals surface area contributed by atoms with Crippen molar-refractivity contribution < 1.29 is 0 Å². The molecule has 2 aromatic heterocycles. The predicted molar refractivity (Wildman–Crippen MR) is 66.8 cm³/mol. The second-order valence-corrected chi connectivity index (χ2v) is 4.55. The molecule has 0 atom stereocenters. The van der Waals surface area contributed by atoms with Crippen molar-refractivity contribution in [3.8, 4) is 0 Å². The molecule has 0 aliphatic heterocycles. The summed E-state index contributed by atoms with van der Waals surface area (Å²) in [7, 11) is 0. The van der Waals surface area contributed by atoms with E-state index in [1.54, 1.807) is 0 Å². The Hall–Kier alpha value is -1.84. The topological polar surface area (TPSA) is 42.7 Å². The number of nitrogens with one attached hydrogen (secondary N) is 1. The minimum absolute atomic E-state index is 0.663. The van der Waals surface area contributed by atoms with Crippen molar-refractivity contribution in [2.75, 3.05) is 5.32 Å². The summed E-state index contributed by atoms with van der Waals surface area (Å²) in [5.41, 5.74) is 2.23. The van der Waals surface area contributed by atoms with Gasteiger partial charge in [-0.3, -0.25) is 4.98 Å². The molecule has 2 heterocycles. The lowest BCUT2D eigenvalue weighted by molar-refractivity contribution is 0.743. The number of hydrogen-bond acceptors (Lipinski definition) is 3. The van der Waals surface area contributed by atoms with E-state index in [0.717, 1.165) is 18.2 Å². The fourth-order valence-corrected chi connectivity index (χ4v) is 1.88. The van der Waals surface area contributed by atoms with E-state index >= 15 is 0 Å². The van der Waals surface area contributed by atoms with Crippen LogP contribution in [0.4, 0.5) is 5.95 Å². The van der Waals surface area contributed by atoms with Crippen molar-refractivity contribution >= 4 is 5.95 Å². The van der Waals surface area contributed by atoms with Crippen LogP contribution < -0.4 is 5.32 Å². The van der Waals surface area contributed by atoms with Crippen LogP contribution in [0.1, 0.15) is 30.1 Å². The Bertz CT molecular complexity index is 496. The van der Waals surface area contributed by atoms with Gasteiger partial charge in [0.15, 0.2) is 0 Å². The first-order valence-corrected chi connectivity index (χ1v) is 6.01. The quantitative estimate of drug-likeness (QED) is 0.874. The lowest BCUT2D eigenvalue weighted by Crippen LogP contribution is -2.06. The summed E-state index contributed by atoms with van der Waals surface area (Å²) < 4.78 is 2.22. The summed E-state index contributed by atoms with van der Waals surface area (Å²) >= 11 is 0. The summed E-state index contributed by atoms with van der Waals surface area (Å²) in [6, 6.07) is 4.79. The molecule has 0 aromatic carbocycles. The number of aryl methyl sites for hydroxylation is 1. The highest BCUT2D eigenvalue weighted by atomic mass is 15.2. The molecule has 4 heteroatoms. The Morgan fingerprint density at radius 3 is 2.94 bits per heavy atom. The van der Waals surface area contributed by atoms with Crippen molar-refractivity contribution in [1.29, 1.82) is 0 Å². The van der Waals surface area contributed by atoms with Crippen LogP contribution in [0.25, 0.3) is 0 Å². The lowest BCUT2D eigenvalue weighted by atomic mass is 10.2. The van der Waals surface area contributed by atoms with Gasteiger partial charge in [0.2, 0.25) is 5.95 Å². The first kappa shape index (κ1) is 10.3. The van der Waals surface area contributed by atoms with E-state index < -0.39 is 0 Å². The van der Waals surface area contributed by atoms with Crippen LogP contribution >= 0.6 is 0 Å². The van der Waals surface area contributed by atoms with Gasteiger partial charge in [-0.2, -0.15) is 0 Å². The first-order chi connectivity index (χ1) is 8.33. The van der Waals surface area contributed by atoms with Gasteiger partial charge in [-0.25, -0.2) is 4.98 Å². The van der Waals surface area contributed by atoms with Gasteiger partial charge in [0, 0.05) is 36.9 Å². The van der Waals surface area contributed by atoms with Gasteiger partial charge >= 0.3 is 0 Å². The Morgan fingerprint density at radius 2 is 2.24 bits per heavy atom. The molecule has 1 fully saturated rings. The summed E-state index contributed by atoms with van der Waals surface area (Å²) in [6.07, 6.45) is 8.36. The highest BCUT2D eigenvalue weighted by Gasteiger charge is 2.25. The van der Waals surface area contributed by atoms with E-state index in [2.05, 4.69) is 25.9 Å². The maximum atomic E-state index is 4.34. The number of anilines is 1. The molecule has 0 unspecified atom stereocenters. The second kappa shape index (κ2) is 4.20. The minimum atomic E-state index is 0.663. The van der Waals surface area contributed by atoms with Gasteiger partial charge in [0.25, 0.3) is 0 Å². The lowest BCUT2D eigenvalue weighted by Gasteiger charge is -2.08. The molecule has 4 nitrogen and oxygen atoms in total. The molecule has 1 aliphatic carbocycles. The molecular weight excluding hydrogens is 212 g/mol. The van der Waals surface area contributed by atoms with Crippen molar-refractivity contribution in [3.05, 3.63) is 42.0 Å². The van der Waals surface area contributed by atoms with Crippen molar-refractivity contribution in [2.45, 2.75) is 32.4 Å². The van der Waals surface area contributed by atoms with Crippen LogP contribution in [-0.2, 0) is 6.54 Å². The monoisotopic (exact) mass is 228 g/mol. The number of nitrogens with zero attached hydrogens (tertiary/aromatic N) is 3. The van der Waals surface area contributed by atoms with Crippen LogP contribution in [0.3, 0.4) is 0 Å². The summed E-state index contributed by atoms with van der Waals surface area (Å²) in [5, 5.41) is 3.36. The molecular formula is C13H16N4. The van der Waals surface area contributed by atoms with Crippen molar-refractivity contribution in [3.63, 3.8) is 0 Å². The fourth-order valence-electron chi connectivity index (χ4n) is 1.88. The maximum Gasteiger partial charge on any atom is 0.203 e. The molecule has 1 saturated carbocycles. The van der Waals surface area contributed by atoms with E-state index in [1.165, 1.54) is 18.4 Å². The molecule has 17 heavy (non-hydrogen) atoms. The zero-order chi connectivity index (χ0) is 11.7. The number of imidazole rings is 1. The summed E-state index contributed by atoms with van der Waals surface area (Å²) in [4.78, 5) is 8.62. The van der Waals surface area contributed by atoms with Crippen molar-refractivity contribution in [1.82, 2.24) is 14.5 Å². The Morgan fingerprint density at radius 1 is 1.35 bits per heavy atom. The fraction of sp³-hybridized carbons (Fsp3) is 0.385. The second-order valence-electron chi connectivity index (χ2n) is 4.55. The predicted octanol–water partition coefficient (Wildman–Crippen LogP) is 2.53. The van der Waals surface area contributed by atoms with E-state index in [-0.39, 0.29) is 0 Å². The third kappa shape index (κ3) is 2.30. The molecule has 2 aromatic rings. The Balaban J connectivity index is 1.67. The largest absolute Gasteiger partial charge is 0.352 e. The summed E-state index contributed by atoms with van der Waals surface area (Å²) in [6.45, 7) is 2.77. The molecule has 1 aliphatic rings. The molecule has 1 N–H and O–H groups in total. The highest BCUT2D eigenvalue weighted by molar-refractivity contribution is 5.30. The van der Waals surface area contributed by atoms with Crippen LogP contribution in [0.15, 0.2) is 30.7 Å². The molecule has 3 rings (SSSR count). The van der Waals surface area contributed by atoms with Crippen LogP contribution in [-0.4, -0.2) is 14.5 Å². The standard InChI is InChI=1S/C13H16N4/c1-10-2-3-11(8-15-10)9-16-13-14-6-7-17(13)12-4-5-12/h2-3,6-8,12H,4-5,9H2,1H3,(H,14,16).